The van der Waals surface area contributed by atoms with Gasteiger partial charge in [0.15, 0.2) is 0 Å². The maximum atomic E-state index is 5.69. The molecule has 0 amide bonds. The van der Waals surface area contributed by atoms with Crippen molar-refractivity contribution in [1.29, 1.82) is 0 Å². The van der Waals surface area contributed by atoms with Gasteiger partial charge in [0.1, 0.15) is 5.75 Å². The van der Waals surface area contributed by atoms with Gasteiger partial charge in [-0.05, 0) is 52.3 Å². The van der Waals surface area contributed by atoms with Crippen molar-refractivity contribution in [3.05, 3.63) is 29.8 Å². The molecule has 0 spiro atoms. The molecule has 0 aliphatic carbocycles. The zero-order valence-corrected chi connectivity index (χ0v) is 12.8. The van der Waals surface area contributed by atoms with Crippen LogP contribution in [0.25, 0.3) is 0 Å². The molecule has 19 heavy (non-hydrogen) atoms. The Bertz CT molecular complexity index is 375. The molecule has 0 bridgehead atoms. The van der Waals surface area contributed by atoms with Gasteiger partial charge in [0, 0.05) is 19.7 Å². The molecule has 0 saturated carbocycles. The smallest absolute Gasteiger partial charge is 0.120 e. The van der Waals surface area contributed by atoms with E-state index in [2.05, 4.69) is 31.3 Å². The highest BCUT2D eigenvalue weighted by Gasteiger charge is 2.16. The fourth-order valence-corrected chi connectivity index (χ4v) is 1.95. The fourth-order valence-electron chi connectivity index (χ4n) is 1.95. The molecule has 0 radical (unpaired) electrons. The van der Waals surface area contributed by atoms with E-state index in [1.54, 1.807) is 0 Å². The molecule has 0 unspecified atom stereocenters. The molecule has 1 N–H and O–H groups in total. The zero-order chi connectivity index (χ0) is 14.3. The Kier molecular flexibility index (Phi) is 6.32. The monoisotopic (exact) mass is 265 g/mol. The van der Waals surface area contributed by atoms with Crippen LogP contribution in [0.15, 0.2) is 24.3 Å². The molecule has 0 saturated heterocycles. The molecule has 0 atom stereocenters. The highest BCUT2D eigenvalue weighted by atomic mass is 16.5. The lowest BCUT2D eigenvalue weighted by molar-refractivity contribution is -0.00897. The van der Waals surface area contributed by atoms with E-state index >= 15 is 0 Å². The summed E-state index contributed by atoms with van der Waals surface area (Å²) in [5, 5.41) is 3.43. The molecule has 3 heteroatoms. The van der Waals surface area contributed by atoms with Gasteiger partial charge in [0.25, 0.3) is 0 Å². The first kappa shape index (κ1) is 16.0. The lowest BCUT2D eigenvalue weighted by Crippen LogP contribution is -2.37. The van der Waals surface area contributed by atoms with Crippen molar-refractivity contribution in [1.82, 2.24) is 5.32 Å². The van der Waals surface area contributed by atoms with Crippen LogP contribution in [-0.4, -0.2) is 24.9 Å². The molecule has 0 aromatic heterocycles. The summed E-state index contributed by atoms with van der Waals surface area (Å²) in [5.41, 5.74) is 1.10. The number of benzene rings is 1. The molecule has 0 fully saturated rings. The maximum absolute atomic E-state index is 5.69. The highest BCUT2D eigenvalue weighted by Crippen LogP contribution is 2.15. The van der Waals surface area contributed by atoms with E-state index in [1.807, 2.05) is 32.9 Å². The average molecular weight is 265 g/mol. The van der Waals surface area contributed by atoms with E-state index in [9.17, 15) is 0 Å². The third-order valence-electron chi connectivity index (χ3n) is 2.69. The van der Waals surface area contributed by atoms with Gasteiger partial charge in [-0.1, -0.05) is 12.1 Å². The standard InChI is InChI=1S/C16H27NO2/c1-6-18-16(4,5)12-17-11-14-8-7-9-15(10-14)19-13(2)3/h7-10,13,17H,6,11-12H2,1-5H3. The molecule has 0 aliphatic rings. The second-order valence-corrected chi connectivity index (χ2v) is 5.61. The summed E-state index contributed by atoms with van der Waals surface area (Å²) in [6.45, 7) is 12.7. The summed E-state index contributed by atoms with van der Waals surface area (Å²) in [5.74, 6) is 0.929. The normalized spacial score (nSPS) is 11.9. The van der Waals surface area contributed by atoms with Crippen molar-refractivity contribution in [3.8, 4) is 5.75 Å². The molecular weight excluding hydrogens is 238 g/mol. The van der Waals surface area contributed by atoms with Crippen LogP contribution in [0.1, 0.15) is 40.2 Å². The first-order valence-electron chi connectivity index (χ1n) is 7.03. The maximum Gasteiger partial charge on any atom is 0.120 e. The molecule has 0 heterocycles. The molecule has 1 aromatic carbocycles. The van der Waals surface area contributed by atoms with E-state index in [0.717, 1.165) is 25.4 Å². The minimum Gasteiger partial charge on any atom is -0.491 e. The third kappa shape index (κ3) is 6.60. The lowest BCUT2D eigenvalue weighted by atomic mass is 10.1. The Morgan fingerprint density at radius 2 is 2.00 bits per heavy atom. The van der Waals surface area contributed by atoms with Gasteiger partial charge in [-0.25, -0.2) is 0 Å². The largest absolute Gasteiger partial charge is 0.491 e. The quantitative estimate of drug-likeness (QED) is 0.781. The van der Waals surface area contributed by atoms with Crippen molar-refractivity contribution in [2.45, 2.75) is 52.9 Å². The van der Waals surface area contributed by atoms with Gasteiger partial charge in [-0.2, -0.15) is 0 Å². The highest BCUT2D eigenvalue weighted by molar-refractivity contribution is 5.28. The van der Waals surface area contributed by atoms with Crippen molar-refractivity contribution >= 4 is 0 Å². The number of rotatable bonds is 8. The Labute approximate surface area is 117 Å². The second kappa shape index (κ2) is 7.51. The van der Waals surface area contributed by atoms with Crippen molar-refractivity contribution in [2.75, 3.05) is 13.2 Å². The van der Waals surface area contributed by atoms with E-state index in [1.165, 1.54) is 5.56 Å². The summed E-state index contributed by atoms with van der Waals surface area (Å²) in [6.07, 6.45) is 0.208. The van der Waals surface area contributed by atoms with Crippen LogP contribution in [0.2, 0.25) is 0 Å². The van der Waals surface area contributed by atoms with Crippen LogP contribution in [0.4, 0.5) is 0 Å². The van der Waals surface area contributed by atoms with Crippen LogP contribution in [0.3, 0.4) is 0 Å². The molecule has 108 valence electrons. The van der Waals surface area contributed by atoms with Crippen LogP contribution in [0, 0.1) is 0 Å². The molecule has 0 aliphatic heterocycles. The average Bonchev–Trinajstić information content (AvgIpc) is 2.28. The van der Waals surface area contributed by atoms with Crippen molar-refractivity contribution in [3.63, 3.8) is 0 Å². The summed E-state index contributed by atoms with van der Waals surface area (Å²) < 4.78 is 11.3. The fraction of sp³-hybridized carbons (Fsp3) is 0.625. The number of ether oxygens (including phenoxy) is 2. The van der Waals surface area contributed by atoms with Gasteiger partial charge < -0.3 is 14.8 Å². The van der Waals surface area contributed by atoms with Crippen molar-refractivity contribution in [2.24, 2.45) is 0 Å². The second-order valence-electron chi connectivity index (χ2n) is 5.61. The van der Waals surface area contributed by atoms with E-state index in [0.29, 0.717) is 0 Å². The van der Waals surface area contributed by atoms with E-state index in [4.69, 9.17) is 9.47 Å². The van der Waals surface area contributed by atoms with Crippen molar-refractivity contribution < 1.29 is 9.47 Å². The summed E-state index contributed by atoms with van der Waals surface area (Å²) in [7, 11) is 0. The number of hydrogen-bond donors (Lipinski definition) is 1. The molecular formula is C16H27NO2. The van der Waals surface area contributed by atoms with Gasteiger partial charge in [-0.3, -0.25) is 0 Å². The van der Waals surface area contributed by atoms with Gasteiger partial charge in [0.05, 0.1) is 11.7 Å². The predicted octanol–water partition coefficient (Wildman–Crippen LogP) is 3.38. The first-order chi connectivity index (χ1) is 8.93. The Balaban J connectivity index is 2.45. The Morgan fingerprint density at radius 3 is 2.63 bits per heavy atom. The minimum absolute atomic E-state index is 0.124. The first-order valence-corrected chi connectivity index (χ1v) is 7.03. The third-order valence-corrected chi connectivity index (χ3v) is 2.69. The van der Waals surface area contributed by atoms with Gasteiger partial charge >= 0.3 is 0 Å². The molecule has 1 aromatic rings. The SMILES string of the molecule is CCOC(C)(C)CNCc1cccc(OC(C)C)c1. The van der Waals surface area contributed by atoms with Gasteiger partial charge in [0.2, 0.25) is 0 Å². The van der Waals surface area contributed by atoms with Gasteiger partial charge in [-0.15, -0.1) is 0 Å². The van der Waals surface area contributed by atoms with Crippen LogP contribution in [0.5, 0.6) is 5.75 Å². The summed E-state index contributed by atoms with van der Waals surface area (Å²) in [4.78, 5) is 0. The van der Waals surface area contributed by atoms with Crippen LogP contribution < -0.4 is 10.1 Å². The number of hydrogen-bond acceptors (Lipinski definition) is 3. The summed E-state index contributed by atoms with van der Waals surface area (Å²) in [6, 6.07) is 8.21. The summed E-state index contributed by atoms with van der Waals surface area (Å²) >= 11 is 0. The van der Waals surface area contributed by atoms with Crippen LogP contribution in [-0.2, 0) is 11.3 Å². The minimum atomic E-state index is -0.124. The van der Waals surface area contributed by atoms with Crippen LogP contribution >= 0.6 is 0 Å². The Morgan fingerprint density at radius 1 is 1.26 bits per heavy atom. The molecule has 1 rings (SSSR count). The van der Waals surface area contributed by atoms with E-state index in [-0.39, 0.29) is 11.7 Å². The number of nitrogens with one attached hydrogen (secondary N) is 1. The molecule has 3 nitrogen and oxygen atoms in total. The topological polar surface area (TPSA) is 30.5 Å². The van der Waals surface area contributed by atoms with E-state index < -0.39 is 0 Å². The Hall–Kier alpha value is -1.06. The zero-order valence-electron chi connectivity index (χ0n) is 12.8. The lowest BCUT2D eigenvalue weighted by Gasteiger charge is -2.25. The predicted molar refractivity (Wildman–Crippen MR) is 79.6 cm³/mol.